The molecule has 0 bridgehead atoms. The largest absolute Gasteiger partial charge is 0.505 e. The van der Waals surface area contributed by atoms with E-state index < -0.39 is 6.86 Å². The molecular formula is C13H8FN3O3. The molecule has 0 amide bonds. The highest BCUT2D eigenvalue weighted by Gasteiger charge is 2.16. The molecule has 0 aliphatic rings. The molecule has 1 aromatic heterocycles. The number of aromatic nitrogens is 2. The second-order valence-corrected chi connectivity index (χ2v) is 4.03. The molecule has 0 saturated heterocycles. The van der Waals surface area contributed by atoms with Crippen LogP contribution >= 0.6 is 0 Å². The number of alkyl halides is 1. The van der Waals surface area contributed by atoms with Gasteiger partial charge >= 0.3 is 0 Å². The number of hydrogen-bond acceptors (Lipinski definition) is 6. The lowest BCUT2D eigenvalue weighted by Gasteiger charge is -2.09. The van der Waals surface area contributed by atoms with Gasteiger partial charge in [0.1, 0.15) is 17.6 Å². The van der Waals surface area contributed by atoms with Crippen molar-refractivity contribution in [2.24, 2.45) is 5.18 Å². The monoisotopic (exact) mass is 273 g/mol. The third-order valence-electron chi connectivity index (χ3n) is 3.01. The van der Waals surface area contributed by atoms with Crippen molar-refractivity contribution in [2.75, 3.05) is 6.86 Å². The molecule has 2 aromatic carbocycles. The first-order valence-electron chi connectivity index (χ1n) is 5.66. The summed E-state index contributed by atoms with van der Waals surface area (Å²) in [6, 6.07) is 4.57. The quantitative estimate of drug-likeness (QED) is 0.585. The molecule has 6 nitrogen and oxygen atoms in total. The van der Waals surface area contributed by atoms with Gasteiger partial charge in [-0.05, 0) is 23.4 Å². The second-order valence-electron chi connectivity index (χ2n) is 4.03. The maximum Gasteiger partial charge on any atom is 0.228 e. The molecule has 0 aliphatic carbocycles. The van der Waals surface area contributed by atoms with Crippen molar-refractivity contribution in [1.29, 1.82) is 0 Å². The third kappa shape index (κ3) is 1.71. The first-order valence-corrected chi connectivity index (χ1v) is 5.66. The van der Waals surface area contributed by atoms with Crippen molar-refractivity contribution in [3.05, 3.63) is 35.6 Å². The first kappa shape index (κ1) is 12.2. The summed E-state index contributed by atoms with van der Waals surface area (Å²) < 4.78 is 17.0. The lowest BCUT2D eigenvalue weighted by atomic mass is 10.0. The van der Waals surface area contributed by atoms with E-state index in [-0.39, 0.29) is 17.0 Å². The average molecular weight is 273 g/mol. The lowest BCUT2D eigenvalue weighted by Crippen LogP contribution is -1.91. The number of ether oxygens (including phenoxy) is 1. The van der Waals surface area contributed by atoms with Crippen LogP contribution in [-0.2, 0) is 0 Å². The van der Waals surface area contributed by atoms with Gasteiger partial charge in [-0.1, -0.05) is 0 Å². The van der Waals surface area contributed by atoms with Gasteiger partial charge < -0.3 is 9.84 Å². The van der Waals surface area contributed by atoms with Crippen molar-refractivity contribution in [3.63, 3.8) is 0 Å². The van der Waals surface area contributed by atoms with Crippen LogP contribution in [-0.4, -0.2) is 21.9 Å². The molecule has 0 spiro atoms. The van der Waals surface area contributed by atoms with E-state index in [2.05, 4.69) is 15.1 Å². The zero-order valence-electron chi connectivity index (χ0n) is 10.1. The van der Waals surface area contributed by atoms with E-state index in [9.17, 15) is 14.4 Å². The molecule has 100 valence electrons. The number of aromatic hydroxyl groups is 1. The molecule has 3 aromatic rings. The van der Waals surface area contributed by atoms with E-state index in [4.69, 9.17) is 4.74 Å². The second kappa shape index (κ2) is 4.69. The number of phenols is 1. The number of benzene rings is 2. The van der Waals surface area contributed by atoms with Crippen molar-refractivity contribution in [2.45, 2.75) is 0 Å². The molecule has 0 unspecified atom stereocenters. The molecule has 3 rings (SSSR count). The Kier molecular flexibility index (Phi) is 2.86. The topological polar surface area (TPSA) is 84.7 Å². The lowest BCUT2D eigenvalue weighted by molar-refractivity contribution is 0.192. The summed E-state index contributed by atoms with van der Waals surface area (Å²) in [5.74, 6) is 0.0318. The molecule has 0 atom stereocenters. The number of nitrogens with zero attached hydrogens (tertiary/aromatic N) is 3. The van der Waals surface area contributed by atoms with Gasteiger partial charge in [0.15, 0.2) is 11.4 Å². The van der Waals surface area contributed by atoms with Crippen molar-refractivity contribution >= 4 is 27.4 Å². The molecule has 1 heterocycles. The van der Waals surface area contributed by atoms with Crippen LogP contribution in [0.25, 0.3) is 21.7 Å². The summed E-state index contributed by atoms with van der Waals surface area (Å²) in [5.41, 5.74) is 0.0893. The molecule has 0 fully saturated rings. The Morgan fingerprint density at radius 1 is 1.30 bits per heavy atom. The molecule has 0 radical (unpaired) electrons. The number of phenolic OH excluding ortho intramolecular Hbond substituents is 1. The third-order valence-corrected chi connectivity index (χ3v) is 3.01. The highest BCUT2D eigenvalue weighted by molar-refractivity contribution is 6.14. The molecule has 1 N–H and O–H groups in total. The van der Waals surface area contributed by atoms with Crippen molar-refractivity contribution in [1.82, 2.24) is 9.97 Å². The van der Waals surface area contributed by atoms with Crippen LogP contribution in [0.2, 0.25) is 0 Å². The minimum atomic E-state index is -0.958. The minimum absolute atomic E-state index is 0.144. The van der Waals surface area contributed by atoms with Crippen molar-refractivity contribution in [3.8, 4) is 11.5 Å². The number of fused-ring (bicyclic) bond motifs is 3. The summed E-state index contributed by atoms with van der Waals surface area (Å²) in [4.78, 5) is 18.8. The predicted octanol–water partition coefficient (Wildman–Crippen LogP) is 3.19. The van der Waals surface area contributed by atoms with Gasteiger partial charge in [-0.2, -0.15) is 0 Å². The fraction of sp³-hybridized carbons (Fsp3) is 0.0769. The first-order chi connectivity index (χ1) is 9.76. The summed E-state index contributed by atoms with van der Waals surface area (Å²) in [5, 5.41) is 14.4. The SMILES string of the molecule is O=Nc1c(O)c2ccc(OCF)cc2c2cncnc12. The smallest absolute Gasteiger partial charge is 0.228 e. The van der Waals surface area contributed by atoms with Gasteiger partial charge in [0, 0.05) is 22.4 Å². The molecule has 0 aliphatic heterocycles. The Bertz CT molecular complexity index is 823. The highest BCUT2D eigenvalue weighted by atomic mass is 19.1. The maximum atomic E-state index is 12.2. The Labute approximate surface area is 111 Å². The normalized spacial score (nSPS) is 10.8. The van der Waals surface area contributed by atoms with Crippen LogP contribution < -0.4 is 4.74 Å². The zero-order valence-corrected chi connectivity index (χ0v) is 10.1. The standard InChI is InChI=1S/C13H8FN3O3/c14-5-20-7-1-2-8-9(3-7)10-4-15-6-16-11(10)12(17-19)13(8)18/h1-4,6,18H,5H2. The van der Waals surface area contributed by atoms with Crippen LogP contribution in [0.4, 0.5) is 10.1 Å². The minimum Gasteiger partial charge on any atom is -0.505 e. The summed E-state index contributed by atoms with van der Waals surface area (Å²) >= 11 is 0. The average Bonchev–Trinajstić information content (AvgIpc) is 2.48. The molecule has 7 heteroatoms. The van der Waals surface area contributed by atoms with Crippen LogP contribution in [0.5, 0.6) is 11.5 Å². The van der Waals surface area contributed by atoms with Crippen LogP contribution in [0.1, 0.15) is 0 Å². The van der Waals surface area contributed by atoms with Crippen LogP contribution in [0.3, 0.4) is 0 Å². The summed E-state index contributed by atoms with van der Waals surface area (Å²) in [6.07, 6.45) is 2.75. The Hall–Kier alpha value is -2.83. The van der Waals surface area contributed by atoms with Gasteiger partial charge in [0.25, 0.3) is 0 Å². The molecule has 0 saturated carbocycles. The summed E-state index contributed by atoms with van der Waals surface area (Å²) in [7, 11) is 0. The van der Waals surface area contributed by atoms with E-state index in [0.29, 0.717) is 21.9 Å². The number of halogens is 1. The Balaban J connectivity index is 2.47. The van der Waals surface area contributed by atoms with Gasteiger partial charge in [0.05, 0.1) is 0 Å². The number of rotatable bonds is 3. The maximum absolute atomic E-state index is 12.2. The van der Waals surface area contributed by atoms with Crippen LogP contribution in [0.15, 0.2) is 35.9 Å². The van der Waals surface area contributed by atoms with Gasteiger partial charge in [0.2, 0.25) is 6.86 Å². The zero-order chi connectivity index (χ0) is 14.1. The van der Waals surface area contributed by atoms with Gasteiger partial charge in [-0.25, -0.2) is 14.4 Å². The fourth-order valence-electron chi connectivity index (χ4n) is 2.15. The molecular weight excluding hydrogens is 265 g/mol. The number of hydrogen-bond donors (Lipinski definition) is 1. The fourth-order valence-corrected chi connectivity index (χ4v) is 2.15. The molecule has 20 heavy (non-hydrogen) atoms. The Morgan fingerprint density at radius 3 is 2.90 bits per heavy atom. The van der Waals surface area contributed by atoms with E-state index in [1.54, 1.807) is 6.07 Å². The predicted molar refractivity (Wildman–Crippen MR) is 70.8 cm³/mol. The summed E-state index contributed by atoms with van der Waals surface area (Å²) in [6.45, 7) is -0.958. The number of nitroso groups, excluding NO2 is 1. The van der Waals surface area contributed by atoms with Gasteiger partial charge in [-0.15, -0.1) is 4.91 Å². The van der Waals surface area contributed by atoms with E-state index in [1.165, 1.54) is 24.7 Å². The van der Waals surface area contributed by atoms with E-state index >= 15 is 0 Å². The van der Waals surface area contributed by atoms with Gasteiger partial charge in [-0.3, -0.25) is 0 Å². The Morgan fingerprint density at radius 2 is 2.15 bits per heavy atom. The van der Waals surface area contributed by atoms with E-state index in [1.807, 2.05) is 0 Å². The van der Waals surface area contributed by atoms with Crippen molar-refractivity contribution < 1.29 is 14.2 Å². The van der Waals surface area contributed by atoms with Crippen LogP contribution in [0, 0.1) is 4.91 Å². The highest BCUT2D eigenvalue weighted by Crippen LogP contribution is 2.42. The van der Waals surface area contributed by atoms with E-state index in [0.717, 1.165) is 0 Å².